The topological polar surface area (TPSA) is 57.6 Å². The maximum Gasteiger partial charge on any atom is 0.329 e. The summed E-state index contributed by atoms with van der Waals surface area (Å²) in [6.07, 6.45) is 0.609. The molecule has 108 valence electrons. The van der Waals surface area contributed by atoms with Gasteiger partial charge >= 0.3 is 5.97 Å². The molecule has 1 N–H and O–H groups in total. The Labute approximate surface area is 112 Å². The molecule has 0 aromatic heterocycles. The summed E-state index contributed by atoms with van der Waals surface area (Å²) in [5.74, 6) is -6.15. The first-order valence-corrected chi connectivity index (χ1v) is 5.97. The molecule has 1 unspecified atom stereocenters. The van der Waals surface area contributed by atoms with Crippen LogP contribution in [0.3, 0.4) is 0 Å². The van der Waals surface area contributed by atoms with Gasteiger partial charge in [-0.25, -0.2) is 18.0 Å². The van der Waals surface area contributed by atoms with Gasteiger partial charge in [-0.05, 0) is 19.8 Å². The Morgan fingerprint density at radius 2 is 1.80 bits per heavy atom. The van der Waals surface area contributed by atoms with Gasteiger partial charge < -0.3 is 10.0 Å². The van der Waals surface area contributed by atoms with E-state index in [-0.39, 0.29) is 13.0 Å². The third-order valence-corrected chi connectivity index (χ3v) is 3.57. The van der Waals surface area contributed by atoms with Gasteiger partial charge in [0.1, 0.15) is 28.6 Å². The fourth-order valence-electron chi connectivity index (χ4n) is 2.39. The number of hydrogen-bond acceptors (Lipinski definition) is 2. The number of likely N-dealkylation sites (tertiary alicyclic amines) is 1. The Bertz CT molecular complexity index is 567. The molecule has 20 heavy (non-hydrogen) atoms. The molecule has 1 atom stereocenters. The smallest absolute Gasteiger partial charge is 0.329 e. The fourth-order valence-corrected chi connectivity index (χ4v) is 2.39. The molecule has 1 aliphatic rings. The lowest BCUT2D eigenvalue weighted by molar-refractivity contribution is -0.147. The lowest BCUT2D eigenvalue weighted by Crippen LogP contribution is -2.51. The Balaban J connectivity index is 2.45. The van der Waals surface area contributed by atoms with E-state index < -0.39 is 40.4 Å². The zero-order valence-corrected chi connectivity index (χ0v) is 10.6. The van der Waals surface area contributed by atoms with Crippen molar-refractivity contribution in [3.8, 4) is 0 Å². The highest BCUT2D eigenvalue weighted by atomic mass is 19.1. The number of aliphatic carboxylic acids is 1. The minimum absolute atomic E-state index is 0.0812. The van der Waals surface area contributed by atoms with Crippen LogP contribution in [0.15, 0.2) is 12.1 Å². The van der Waals surface area contributed by atoms with Crippen LogP contribution >= 0.6 is 0 Å². The van der Waals surface area contributed by atoms with Crippen molar-refractivity contribution >= 4 is 11.9 Å². The van der Waals surface area contributed by atoms with Crippen LogP contribution in [0, 0.1) is 17.5 Å². The van der Waals surface area contributed by atoms with Crippen LogP contribution in [0.1, 0.15) is 30.1 Å². The van der Waals surface area contributed by atoms with Crippen molar-refractivity contribution in [2.75, 3.05) is 6.54 Å². The van der Waals surface area contributed by atoms with Crippen molar-refractivity contribution in [2.45, 2.75) is 25.3 Å². The van der Waals surface area contributed by atoms with Gasteiger partial charge in [-0.2, -0.15) is 0 Å². The van der Waals surface area contributed by atoms with Crippen LogP contribution in [-0.4, -0.2) is 34.0 Å². The molecule has 4 nitrogen and oxygen atoms in total. The quantitative estimate of drug-likeness (QED) is 0.907. The van der Waals surface area contributed by atoms with Crippen LogP contribution in [0.4, 0.5) is 13.2 Å². The summed E-state index contributed by atoms with van der Waals surface area (Å²) in [5.41, 5.74) is -2.44. The van der Waals surface area contributed by atoms with Crippen molar-refractivity contribution in [3.63, 3.8) is 0 Å². The Morgan fingerprint density at radius 1 is 1.25 bits per heavy atom. The van der Waals surface area contributed by atoms with Crippen LogP contribution in [-0.2, 0) is 4.79 Å². The predicted molar refractivity (Wildman–Crippen MR) is 62.6 cm³/mol. The van der Waals surface area contributed by atoms with Crippen LogP contribution in [0.25, 0.3) is 0 Å². The van der Waals surface area contributed by atoms with Gasteiger partial charge in [0, 0.05) is 18.7 Å². The molecule has 0 bridgehead atoms. The summed E-state index contributed by atoms with van der Waals surface area (Å²) in [7, 11) is 0. The normalized spacial score (nSPS) is 22.1. The molecule has 0 radical (unpaired) electrons. The number of carbonyl (C=O) groups excluding carboxylic acids is 1. The Kier molecular flexibility index (Phi) is 3.45. The molecular weight excluding hydrogens is 275 g/mol. The van der Waals surface area contributed by atoms with E-state index in [2.05, 4.69) is 0 Å². The number of amides is 1. The van der Waals surface area contributed by atoms with E-state index in [1.54, 1.807) is 0 Å². The van der Waals surface area contributed by atoms with Crippen molar-refractivity contribution in [1.29, 1.82) is 0 Å². The van der Waals surface area contributed by atoms with E-state index in [1.165, 1.54) is 6.92 Å². The fraction of sp³-hybridized carbons (Fsp3) is 0.385. The highest BCUT2D eigenvalue weighted by Crippen LogP contribution is 2.31. The summed E-state index contributed by atoms with van der Waals surface area (Å²) in [5, 5.41) is 9.18. The summed E-state index contributed by atoms with van der Waals surface area (Å²) in [6, 6.07) is 0.787. The number of halogens is 3. The minimum atomic E-state index is -1.51. The van der Waals surface area contributed by atoms with Crippen molar-refractivity contribution in [2.24, 2.45) is 0 Å². The van der Waals surface area contributed by atoms with E-state index in [9.17, 15) is 27.9 Å². The van der Waals surface area contributed by atoms with E-state index in [0.717, 1.165) is 4.90 Å². The second-order valence-electron chi connectivity index (χ2n) is 4.88. The molecular formula is C13H12F3NO3. The van der Waals surface area contributed by atoms with Gasteiger partial charge in [-0.15, -0.1) is 0 Å². The second kappa shape index (κ2) is 4.81. The SMILES string of the molecule is CC1(C(=O)O)CCCN1C(=O)c1c(F)cc(F)cc1F. The van der Waals surface area contributed by atoms with Crippen molar-refractivity contribution < 1.29 is 27.9 Å². The summed E-state index contributed by atoms with van der Waals surface area (Å²) in [4.78, 5) is 24.3. The van der Waals surface area contributed by atoms with Crippen LogP contribution < -0.4 is 0 Å². The highest BCUT2D eigenvalue weighted by molar-refractivity contribution is 5.98. The second-order valence-corrected chi connectivity index (χ2v) is 4.88. The molecule has 1 heterocycles. The van der Waals surface area contributed by atoms with Crippen molar-refractivity contribution in [1.82, 2.24) is 4.90 Å². The molecule has 1 amide bonds. The number of nitrogens with zero attached hydrogens (tertiary/aromatic N) is 1. The Morgan fingerprint density at radius 3 is 2.30 bits per heavy atom. The lowest BCUT2D eigenvalue weighted by Gasteiger charge is -2.31. The molecule has 1 saturated heterocycles. The number of carboxylic acid groups (broad SMARTS) is 1. The third kappa shape index (κ3) is 2.13. The molecule has 0 saturated carbocycles. The zero-order valence-electron chi connectivity index (χ0n) is 10.6. The molecule has 1 fully saturated rings. The Hall–Kier alpha value is -2.05. The number of rotatable bonds is 2. The molecule has 2 rings (SSSR count). The molecule has 1 aliphatic heterocycles. The van der Waals surface area contributed by atoms with Crippen LogP contribution in [0.5, 0.6) is 0 Å². The number of benzene rings is 1. The monoisotopic (exact) mass is 287 g/mol. The van der Waals surface area contributed by atoms with Gasteiger partial charge in [0.05, 0.1) is 0 Å². The lowest BCUT2D eigenvalue weighted by atomic mass is 9.98. The van der Waals surface area contributed by atoms with E-state index >= 15 is 0 Å². The highest BCUT2D eigenvalue weighted by Gasteiger charge is 2.47. The first-order valence-electron chi connectivity index (χ1n) is 5.97. The molecule has 0 aliphatic carbocycles. The summed E-state index contributed by atoms with van der Waals surface area (Å²) < 4.78 is 40.0. The molecule has 1 aromatic carbocycles. The average molecular weight is 287 g/mol. The molecule has 7 heteroatoms. The maximum absolute atomic E-state index is 13.6. The zero-order chi connectivity index (χ0) is 15.1. The maximum atomic E-state index is 13.6. The van der Waals surface area contributed by atoms with Gasteiger partial charge in [0.15, 0.2) is 0 Å². The van der Waals surface area contributed by atoms with Gasteiger partial charge in [-0.3, -0.25) is 4.79 Å². The standard InChI is InChI=1S/C13H12F3NO3/c1-13(12(19)20)3-2-4-17(13)11(18)10-8(15)5-7(14)6-9(10)16/h5-6H,2-4H2,1H3,(H,19,20). The van der Waals surface area contributed by atoms with Gasteiger partial charge in [0.25, 0.3) is 5.91 Å². The molecule has 0 spiro atoms. The van der Waals surface area contributed by atoms with E-state index in [4.69, 9.17) is 0 Å². The van der Waals surface area contributed by atoms with Crippen LogP contribution in [0.2, 0.25) is 0 Å². The summed E-state index contributed by atoms with van der Waals surface area (Å²) in [6.45, 7) is 1.40. The van der Waals surface area contributed by atoms with E-state index in [1.807, 2.05) is 0 Å². The third-order valence-electron chi connectivity index (χ3n) is 3.57. The predicted octanol–water partition coefficient (Wildman–Crippen LogP) is 2.18. The minimum Gasteiger partial charge on any atom is -0.480 e. The number of carbonyl (C=O) groups is 2. The first-order chi connectivity index (χ1) is 9.27. The summed E-state index contributed by atoms with van der Waals surface area (Å²) >= 11 is 0. The van der Waals surface area contributed by atoms with E-state index in [0.29, 0.717) is 18.6 Å². The van der Waals surface area contributed by atoms with Gasteiger partial charge in [0.2, 0.25) is 0 Å². The van der Waals surface area contributed by atoms with Gasteiger partial charge in [-0.1, -0.05) is 0 Å². The molecule has 1 aromatic rings. The number of carboxylic acids is 1. The largest absolute Gasteiger partial charge is 0.480 e. The first kappa shape index (κ1) is 14.4. The number of hydrogen-bond donors (Lipinski definition) is 1. The average Bonchev–Trinajstić information content (AvgIpc) is 2.71. The van der Waals surface area contributed by atoms with Crippen molar-refractivity contribution in [3.05, 3.63) is 35.1 Å².